The van der Waals surface area contributed by atoms with Gasteiger partial charge in [-0.15, -0.1) is 0 Å². The molecule has 25 heavy (non-hydrogen) atoms. The molecule has 0 radical (unpaired) electrons. The Labute approximate surface area is 146 Å². The Balaban J connectivity index is 1.59. The van der Waals surface area contributed by atoms with Crippen molar-refractivity contribution in [1.29, 1.82) is 0 Å². The van der Waals surface area contributed by atoms with Crippen molar-refractivity contribution < 1.29 is 19.1 Å². The van der Waals surface area contributed by atoms with Gasteiger partial charge in [-0.1, -0.05) is 31.2 Å². The average Bonchev–Trinajstić information content (AvgIpc) is 3.12. The van der Waals surface area contributed by atoms with Crippen LogP contribution in [0.4, 0.5) is 0 Å². The Hall–Kier alpha value is -2.60. The van der Waals surface area contributed by atoms with Gasteiger partial charge in [0.1, 0.15) is 0 Å². The highest BCUT2D eigenvalue weighted by molar-refractivity contribution is 5.93. The van der Waals surface area contributed by atoms with Gasteiger partial charge < -0.3 is 14.8 Å². The number of nitrogens with zero attached hydrogens (tertiary/aromatic N) is 1. The van der Waals surface area contributed by atoms with Crippen LogP contribution in [-0.2, 0) is 13.0 Å². The van der Waals surface area contributed by atoms with Gasteiger partial charge in [-0.2, -0.15) is 0 Å². The smallest absolute Gasteiger partial charge is 0.371 e. The number of furan rings is 1. The van der Waals surface area contributed by atoms with Crippen molar-refractivity contribution in [2.24, 2.45) is 0 Å². The van der Waals surface area contributed by atoms with Crippen molar-refractivity contribution >= 4 is 11.9 Å². The van der Waals surface area contributed by atoms with E-state index in [4.69, 9.17) is 9.52 Å². The van der Waals surface area contributed by atoms with Crippen molar-refractivity contribution in [3.05, 3.63) is 59.0 Å². The zero-order chi connectivity index (χ0) is 17.8. The van der Waals surface area contributed by atoms with E-state index in [9.17, 15) is 9.59 Å². The van der Waals surface area contributed by atoms with Gasteiger partial charge in [0.2, 0.25) is 5.76 Å². The fourth-order valence-electron chi connectivity index (χ4n) is 3.23. The molecule has 132 valence electrons. The van der Waals surface area contributed by atoms with Crippen LogP contribution in [0.2, 0.25) is 0 Å². The molecule has 0 aliphatic carbocycles. The molecule has 2 heterocycles. The summed E-state index contributed by atoms with van der Waals surface area (Å²) >= 11 is 0. The van der Waals surface area contributed by atoms with E-state index in [-0.39, 0.29) is 23.5 Å². The summed E-state index contributed by atoms with van der Waals surface area (Å²) in [7, 11) is 0. The SMILES string of the molecule is CCC(CNC(=O)c1ccc(C(=O)O)o1)N1CCc2ccccc2C1. The van der Waals surface area contributed by atoms with E-state index in [1.54, 1.807) is 0 Å². The normalized spacial score (nSPS) is 15.4. The maximum absolute atomic E-state index is 12.2. The molecule has 0 saturated carbocycles. The van der Waals surface area contributed by atoms with Crippen molar-refractivity contribution in [2.75, 3.05) is 13.1 Å². The number of aromatic carboxylic acids is 1. The van der Waals surface area contributed by atoms with Gasteiger partial charge >= 0.3 is 5.97 Å². The lowest BCUT2D eigenvalue weighted by atomic mass is 9.98. The molecular formula is C19H22N2O4. The van der Waals surface area contributed by atoms with E-state index >= 15 is 0 Å². The molecule has 0 spiro atoms. The minimum Gasteiger partial charge on any atom is -0.475 e. The molecule has 6 heteroatoms. The van der Waals surface area contributed by atoms with Gasteiger partial charge in [0.25, 0.3) is 5.91 Å². The third-order valence-electron chi connectivity index (χ3n) is 4.69. The van der Waals surface area contributed by atoms with Crippen LogP contribution in [0.25, 0.3) is 0 Å². The summed E-state index contributed by atoms with van der Waals surface area (Å²) in [5, 5.41) is 11.7. The molecule has 1 unspecified atom stereocenters. The number of nitrogens with one attached hydrogen (secondary N) is 1. The minimum atomic E-state index is -1.18. The zero-order valence-electron chi connectivity index (χ0n) is 14.2. The van der Waals surface area contributed by atoms with E-state index in [2.05, 4.69) is 41.4 Å². The summed E-state index contributed by atoms with van der Waals surface area (Å²) in [4.78, 5) is 25.4. The molecule has 0 saturated heterocycles. The quantitative estimate of drug-likeness (QED) is 0.843. The zero-order valence-corrected chi connectivity index (χ0v) is 14.2. The molecular weight excluding hydrogens is 320 g/mol. The van der Waals surface area contributed by atoms with E-state index < -0.39 is 5.97 Å². The summed E-state index contributed by atoms with van der Waals surface area (Å²) in [5.41, 5.74) is 2.74. The van der Waals surface area contributed by atoms with Gasteiger partial charge in [-0.3, -0.25) is 9.69 Å². The summed E-state index contributed by atoms with van der Waals surface area (Å²) < 4.78 is 5.04. The standard InChI is InChI=1S/C19H22N2O4/c1-2-15(21-10-9-13-5-3-4-6-14(13)12-21)11-20-18(22)16-7-8-17(25-16)19(23)24/h3-8,15H,2,9-12H2,1H3,(H,20,22)(H,23,24). The summed E-state index contributed by atoms with van der Waals surface area (Å²) in [6, 6.07) is 11.4. The highest BCUT2D eigenvalue weighted by atomic mass is 16.4. The van der Waals surface area contributed by atoms with Crippen LogP contribution in [0.15, 0.2) is 40.8 Å². The van der Waals surface area contributed by atoms with Crippen LogP contribution in [0.5, 0.6) is 0 Å². The van der Waals surface area contributed by atoms with Crippen molar-refractivity contribution in [3.8, 4) is 0 Å². The van der Waals surface area contributed by atoms with E-state index in [1.807, 2.05) is 0 Å². The first-order valence-corrected chi connectivity index (χ1v) is 8.50. The molecule has 6 nitrogen and oxygen atoms in total. The Kier molecular flexibility index (Phi) is 5.19. The fourth-order valence-corrected chi connectivity index (χ4v) is 3.23. The monoisotopic (exact) mass is 342 g/mol. The number of amides is 1. The molecule has 1 atom stereocenters. The number of carbonyl (C=O) groups is 2. The molecule has 2 N–H and O–H groups in total. The van der Waals surface area contributed by atoms with Crippen molar-refractivity contribution in [1.82, 2.24) is 10.2 Å². The Morgan fingerprint density at radius 1 is 1.20 bits per heavy atom. The molecule has 0 fully saturated rings. The van der Waals surface area contributed by atoms with Crippen LogP contribution >= 0.6 is 0 Å². The first-order chi connectivity index (χ1) is 12.1. The highest BCUT2D eigenvalue weighted by Gasteiger charge is 2.23. The van der Waals surface area contributed by atoms with E-state index in [0.717, 1.165) is 25.9 Å². The van der Waals surface area contributed by atoms with Gasteiger partial charge in [-0.25, -0.2) is 4.79 Å². The number of hydrogen-bond acceptors (Lipinski definition) is 4. The first-order valence-electron chi connectivity index (χ1n) is 8.50. The first kappa shape index (κ1) is 17.2. The third-order valence-corrected chi connectivity index (χ3v) is 4.69. The van der Waals surface area contributed by atoms with Crippen LogP contribution in [-0.4, -0.2) is 41.0 Å². The fraction of sp³-hybridized carbons (Fsp3) is 0.368. The Morgan fingerprint density at radius 3 is 2.60 bits per heavy atom. The van der Waals surface area contributed by atoms with E-state index in [0.29, 0.717) is 6.54 Å². The summed E-state index contributed by atoms with van der Waals surface area (Å²) in [5.74, 6) is -1.78. The maximum Gasteiger partial charge on any atom is 0.371 e. The lowest BCUT2D eigenvalue weighted by Gasteiger charge is -2.35. The number of carboxylic acids is 1. The predicted molar refractivity (Wildman–Crippen MR) is 92.6 cm³/mol. The molecule has 3 rings (SSSR count). The molecule has 1 aromatic heterocycles. The van der Waals surface area contributed by atoms with Gasteiger partial charge in [0.15, 0.2) is 5.76 Å². The van der Waals surface area contributed by atoms with Gasteiger partial charge in [-0.05, 0) is 36.1 Å². The van der Waals surface area contributed by atoms with Crippen LogP contribution in [0.1, 0.15) is 45.6 Å². The Morgan fingerprint density at radius 2 is 1.92 bits per heavy atom. The minimum absolute atomic E-state index is 0.0243. The maximum atomic E-state index is 12.2. The largest absolute Gasteiger partial charge is 0.475 e. The molecule has 1 aliphatic rings. The number of benzene rings is 1. The second-order valence-electron chi connectivity index (χ2n) is 6.23. The number of fused-ring (bicyclic) bond motifs is 1. The predicted octanol–water partition coefficient (Wildman–Crippen LogP) is 2.54. The number of carbonyl (C=O) groups excluding carboxylic acids is 1. The topological polar surface area (TPSA) is 82.8 Å². The third kappa shape index (κ3) is 3.91. The average molecular weight is 342 g/mol. The lowest BCUT2D eigenvalue weighted by Crippen LogP contribution is -2.45. The van der Waals surface area contributed by atoms with Crippen molar-refractivity contribution in [2.45, 2.75) is 32.4 Å². The number of hydrogen-bond donors (Lipinski definition) is 2. The Bertz CT molecular complexity index is 768. The van der Waals surface area contributed by atoms with Crippen LogP contribution in [0, 0.1) is 0 Å². The lowest BCUT2D eigenvalue weighted by molar-refractivity contribution is 0.0659. The molecule has 1 amide bonds. The molecule has 2 aromatic rings. The second kappa shape index (κ2) is 7.53. The number of carboxylic acid groups (broad SMARTS) is 1. The summed E-state index contributed by atoms with van der Waals surface area (Å²) in [6.45, 7) is 4.46. The second-order valence-corrected chi connectivity index (χ2v) is 6.23. The summed E-state index contributed by atoms with van der Waals surface area (Å²) in [6.07, 6.45) is 1.93. The number of rotatable bonds is 6. The van der Waals surface area contributed by atoms with Gasteiger partial charge in [0, 0.05) is 25.7 Å². The van der Waals surface area contributed by atoms with Gasteiger partial charge in [0.05, 0.1) is 0 Å². The van der Waals surface area contributed by atoms with Crippen LogP contribution in [0.3, 0.4) is 0 Å². The van der Waals surface area contributed by atoms with E-state index in [1.165, 1.54) is 23.3 Å². The molecule has 1 aromatic carbocycles. The highest BCUT2D eigenvalue weighted by Crippen LogP contribution is 2.21. The van der Waals surface area contributed by atoms with Crippen LogP contribution < -0.4 is 5.32 Å². The molecule has 0 bridgehead atoms. The van der Waals surface area contributed by atoms with Crippen molar-refractivity contribution in [3.63, 3.8) is 0 Å². The molecule has 1 aliphatic heterocycles.